The van der Waals surface area contributed by atoms with E-state index >= 15 is 0 Å². The van der Waals surface area contributed by atoms with Crippen LogP contribution in [0, 0.1) is 5.82 Å². The Kier molecular flexibility index (Phi) is 4.08. The van der Waals surface area contributed by atoms with Crippen LogP contribution < -0.4 is 9.46 Å². The van der Waals surface area contributed by atoms with E-state index in [0.29, 0.717) is 30.8 Å². The molecule has 0 spiro atoms. The molecule has 7 heteroatoms. The zero-order valence-electron chi connectivity index (χ0n) is 11.7. The maximum atomic E-state index is 13.3. The topological polar surface area (TPSA) is 68.3 Å². The average molecular weight is 322 g/mol. The van der Waals surface area contributed by atoms with Gasteiger partial charge in [-0.05, 0) is 31.0 Å². The summed E-state index contributed by atoms with van der Waals surface area (Å²) in [6, 6.07) is 6.74. The number of pyridine rings is 1. The van der Waals surface area contributed by atoms with Crippen LogP contribution >= 0.6 is 0 Å². The lowest BCUT2D eigenvalue weighted by atomic mass is 10.0. The third-order valence-corrected chi connectivity index (χ3v) is 4.94. The van der Waals surface area contributed by atoms with Crippen molar-refractivity contribution in [3.8, 4) is 5.75 Å². The van der Waals surface area contributed by atoms with Crippen LogP contribution in [0.2, 0.25) is 0 Å². The highest BCUT2D eigenvalue weighted by Crippen LogP contribution is 2.33. The molecular weight excluding hydrogens is 307 g/mol. The highest BCUT2D eigenvalue weighted by molar-refractivity contribution is 7.89. The molecule has 1 aromatic carbocycles. The summed E-state index contributed by atoms with van der Waals surface area (Å²) < 4.78 is 46.3. The number of halogens is 1. The van der Waals surface area contributed by atoms with Crippen molar-refractivity contribution < 1.29 is 17.5 Å². The SMILES string of the molecule is O=S(=O)(N[C@@H]1CCCOc2cc(F)ccc21)c1cccnc1. The summed E-state index contributed by atoms with van der Waals surface area (Å²) in [5.41, 5.74) is 0.645. The number of benzene rings is 1. The van der Waals surface area contributed by atoms with E-state index in [1.165, 1.54) is 30.6 Å². The van der Waals surface area contributed by atoms with E-state index in [2.05, 4.69) is 9.71 Å². The molecule has 1 aromatic heterocycles. The fourth-order valence-electron chi connectivity index (χ4n) is 2.43. The van der Waals surface area contributed by atoms with Gasteiger partial charge in [0.2, 0.25) is 10.0 Å². The molecule has 22 heavy (non-hydrogen) atoms. The molecule has 0 bridgehead atoms. The van der Waals surface area contributed by atoms with Gasteiger partial charge in [-0.25, -0.2) is 17.5 Å². The summed E-state index contributed by atoms with van der Waals surface area (Å²) in [4.78, 5) is 3.93. The molecule has 0 unspecified atom stereocenters. The molecule has 2 heterocycles. The van der Waals surface area contributed by atoms with E-state index in [4.69, 9.17) is 4.74 Å². The maximum absolute atomic E-state index is 13.3. The number of hydrogen-bond donors (Lipinski definition) is 1. The van der Waals surface area contributed by atoms with Crippen molar-refractivity contribution >= 4 is 10.0 Å². The van der Waals surface area contributed by atoms with Crippen molar-refractivity contribution in [3.05, 3.63) is 54.1 Å². The van der Waals surface area contributed by atoms with Crippen molar-refractivity contribution in [2.45, 2.75) is 23.8 Å². The summed E-state index contributed by atoms with van der Waals surface area (Å²) in [5, 5.41) is 0. The largest absolute Gasteiger partial charge is 0.493 e. The molecule has 3 rings (SSSR count). The van der Waals surface area contributed by atoms with Crippen LogP contribution in [0.25, 0.3) is 0 Å². The Labute approximate surface area is 128 Å². The molecule has 0 saturated heterocycles. The van der Waals surface area contributed by atoms with Gasteiger partial charge in [-0.15, -0.1) is 0 Å². The molecule has 0 fully saturated rings. The molecule has 0 radical (unpaired) electrons. The van der Waals surface area contributed by atoms with Crippen LogP contribution in [0.4, 0.5) is 4.39 Å². The number of hydrogen-bond acceptors (Lipinski definition) is 4. The van der Waals surface area contributed by atoms with Crippen LogP contribution in [0.5, 0.6) is 5.75 Å². The lowest BCUT2D eigenvalue weighted by Gasteiger charge is -2.18. The molecule has 2 aromatic rings. The fourth-order valence-corrected chi connectivity index (χ4v) is 3.64. The number of fused-ring (bicyclic) bond motifs is 1. The minimum Gasteiger partial charge on any atom is -0.493 e. The normalized spacial score (nSPS) is 18.1. The predicted molar refractivity (Wildman–Crippen MR) is 78.4 cm³/mol. The number of nitrogens with one attached hydrogen (secondary N) is 1. The van der Waals surface area contributed by atoms with Gasteiger partial charge < -0.3 is 4.74 Å². The number of sulfonamides is 1. The highest BCUT2D eigenvalue weighted by atomic mass is 32.2. The van der Waals surface area contributed by atoms with Gasteiger partial charge >= 0.3 is 0 Å². The van der Waals surface area contributed by atoms with Crippen LogP contribution in [-0.4, -0.2) is 20.0 Å². The van der Waals surface area contributed by atoms with Crippen molar-refractivity contribution in [2.24, 2.45) is 0 Å². The summed E-state index contributed by atoms with van der Waals surface area (Å²) in [7, 11) is -3.69. The molecule has 1 atom stereocenters. The molecule has 0 saturated carbocycles. The van der Waals surface area contributed by atoms with Crippen molar-refractivity contribution in [2.75, 3.05) is 6.61 Å². The number of nitrogens with zero attached hydrogens (tertiary/aromatic N) is 1. The molecule has 1 N–H and O–H groups in total. The molecule has 116 valence electrons. The van der Waals surface area contributed by atoms with Crippen LogP contribution in [-0.2, 0) is 10.0 Å². The van der Waals surface area contributed by atoms with E-state index in [9.17, 15) is 12.8 Å². The van der Waals surface area contributed by atoms with Crippen LogP contribution in [0.15, 0.2) is 47.6 Å². The van der Waals surface area contributed by atoms with Gasteiger partial charge in [0.1, 0.15) is 16.5 Å². The standard InChI is InChI=1S/C15H15FN2O3S/c16-11-5-6-13-14(4-2-8-21-15(13)9-11)18-22(19,20)12-3-1-7-17-10-12/h1,3,5-7,9-10,14,18H,2,4,8H2/t14-/m1/s1. The Morgan fingerprint density at radius 3 is 2.95 bits per heavy atom. The summed E-state index contributed by atoms with van der Waals surface area (Å²) in [6.45, 7) is 0.432. The minimum absolute atomic E-state index is 0.101. The van der Waals surface area contributed by atoms with E-state index in [0.717, 1.165) is 0 Å². The molecule has 0 amide bonds. The van der Waals surface area contributed by atoms with Gasteiger partial charge in [-0.1, -0.05) is 6.07 Å². The smallest absolute Gasteiger partial charge is 0.242 e. The number of aromatic nitrogens is 1. The molecule has 1 aliphatic heterocycles. The Balaban J connectivity index is 1.93. The Hall–Kier alpha value is -1.99. The first-order valence-electron chi connectivity index (χ1n) is 6.91. The van der Waals surface area contributed by atoms with Crippen molar-refractivity contribution in [1.82, 2.24) is 9.71 Å². The zero-order valence-corrected chi connectivity index (χ0v) is 12.5. The quantitative estimate of drug-likeness (QED) is 0.942. The van der Waals surface area contributed by atoms with Gasteiger partial charge in [0.25, 0.3) is 0 Å². The second kappa shape index (κ2) is 6.02. The monoisotopic (exact) mass is 322 g/mol. The second-order valence-electron chi connectivity index (χ2n) is 5.04. The molecular formula is C15H15FN2O3S. The highest BCUT2D eigenvalue weighted by Gasteiger charge is 2.26. The third kappa shape index (κ3) is 3.10. The first-order chi connectivity index (χ1) is 10.6. The van der Waals surface area contributed by atoms with Gasteiger partial charge in [0.05, 0.1) is 12.6 Å². The first-order valence-corrected chi connectivity index (χ1v) is 8.39. The van der Waals surface area contributed by atoms with Gasteiger partial charge in [0.15, 0.2) is 0 Å². The van der Waals surface area contributed by atoms with Crippen molar-refractivity contribution in [3.63, 3.8) is 0 Å². The lowest BCUT2D eigenvalue weighted by Crippen LogP contribution is -2.28. The summed E-state index contributed by atoms with van der Waals surface area (Å²) >= 11 is 0. The second-order valence-corrected chi connectivity index (χ2v) is 6.75. The summed E-state index contributed by atoms with van der Waals surface area (Å²) in [6.07, 6.45) is 4.06. The van der Waals surface area contributed by atoms with E-state index in [-0.39, 0.29) is 4.90 Å². The molecule has 1 aliphatic rings. The Morgan fingerprint density at radius 1 is 1.32 bits per heavy atom. The molecule has 5 nitrogen and oxygen atoms in total. The van der Waals surface area contributed by atoms with E-state index in [1.807, 2.05) is 0 Å². The van der Waals surface area contributed by atoms with Crippen molar-refractivity contribution in [1.29, 1.82) is 0 Å². The maximum Gasteiger partial charge on any atom is 0.242 e. The van der Waals surface area contributed by atoms with Gasteiger partial charge in [-0.3, -0.25) is 4.98 Å². The predicted octanol–water partition coefficient (Wildman–Crippen LogP) is 2.41. The van der Waals surface area contributed by atoms with Crippen LogP contribution in [0.3, 0.4) is 0 Å². The third-order valence-electron chi connectivity index (χ3n) is 3.49. The number of rotatable bonds is 3. The van der Waals surface area contributed by atoms with E-state index in [1.54, 1.807) is 12.1 Å². The van der Waals surface area contributed by atoms with E-state index < -0.39 is 21.9 Å². The lowest BCUT2D eigenvalue weighted by molar-refractivity contribution is 0.314. The number of ether oxygens (including phenoxy) is 1. The minimum atomic E-state index is -3.69. The zero-order chi connectivity index (χ0) is 15.6. The average Bonchev–Trinajstić information content (AvgIpc) is 2.70. The molecule has 0 aliphatic carbocycles. The van der Waals surface area contributed by atoms with Crippen LogP contribution in [0.1, 0.15) is 24.4 Å². The summed E-state index contributed by atoms with van der Waals surface area (Å²) in [5.74, 6) is -0.0223. The fraction of sp³-hybridized carbons (Fsp3) is 0.267. The van der Waals surface area contributed by atoms with Gasteiger partial charge in [-0.2, -0.15) is 0 Å². The van der Waals surface area contributed by atoms with Gasteiger partial charge in [0, 0.05) is 24.0 Å². The Bertz CT molecular complexity index is 766. The first kappa shape index (κ1) is 14.9. The Morgan fingerprint density at radius 2 is 2.18 bits per heavy atom.